The fraction of sp³-hybridized carbons (Fsp3) is 0.375. The highest BCUT2D eigenvalue weighted by atomic mass is 16.5. The number of likely N-dealkylation sites (tertiary alicyclic amines) is 1. The summed E-state index contributed by atoms with van der Waals surface area (Å²) >= 11 is 0. The maximum absolute atomic E-state index is 13.4. The van der Waals surface area contributed by atoms with Crippen molar-refractivity contribution in [1.82, 2.24) is 9.80 Å². The van der Waals surface area contributed by atoms with E-state index in [1.807, 2.05) is 23.1 Å². The first-order chi connectivity index (χ1) is 15.0. The smallest absolute Gasteiger partial charge is 0.254 e. The van der Waals surface area contributed by atoms with Crippen molar-refractivity contribution in [2.45, 2.75) is 38.8 Å². The molecule has 1 N–H and O–H groups in total. The minimum absolute atomic E-state index is 0.0101. The van der Waals surface area contributed by atoms with Gasteiger partial charge in [0.2, 0.25) is 11.8 Å². The van der Waals surface area contributed by atoms with Gasteiger partial charge in [-0.25, -0.2) is 0 Å². The lowest BCUT2D eigenvalue weighted by molar-refractivity contribution is -0.135. The molecule has 0 aromatic heterocycles. The Morgan fingerprint density at radius 1 is 1.00 bits per heavy atom. The number of nitrogens with zero attached hydrogens (tertiary/aromatic N) is 2. The molecule has 3 amide bonds. The SMILES string of the molecule is COc1ccc(C(=O)N2Cc3cc(NC(C)=O)ccc3CC2C(=O)N2CCCC2)cc1. The Morgan fingerprint density at radius 2 is 1.71 bits per heavy atom. The number of carbonyl (C=O) groups is 3. The highest BCUT2D eigenvalue weighted by Gasteiger charge is 2.38. The lowest BCUT2D eigenvalue weighted by Gasteiger charge is -2.38. The van der Waals surface area contributed by atoms with Crippen LogP contribution in [0.15, 0.2) is 42.5 Å². The van der Waals surface area contributed by atoms with Crippen LogP contribution in [-0.2, 0) is 22.6 Å². The average molecular weight is 421 g/mol. The summed E-state index contributed by atoms with van der Waals surface area (Å²) in [6.07, 6.45) is 2.47. The topological polar surface area (TPSA) is 79.0 Å². The molecule has 1 unspecified atom stereocenters. The molecule has 7 heteroatoms. The van der Waals surface area contributed by atoms with Gasteiger partial charge in [0, 0.05) is 44.2 Å². The van der Waals surface area contributed by atoms with Gasteiger partial charge in [-0.15, -0.1) is 0 Å². The Balaban J connectivity index is 1.66. The van der Waals surface area contributed by atoms with Gasteiger partial charge in [0.1, 0.15) is 11.8 Å². The lowest BCUT2D eigenvalue weighted by atomic mass is 9.92. The predicted octanol–water partition coefficient (Wildman–Crippen LogP) is 2.84. The summed E-state index contributed by atoms with van der Waals surface area (Å²) in [7, 11) is 1.58. The molecule has 31 heavy (non-hydrogen) atoms. The monoisotopic (exact) mass is 421 g/mol. The fourth-order valence-electron chi connectivity index (χ4n) is 4.35. The number of amides is 3. The van der Waals surface area contributed by atoms with Crippen LogP contribution in [0.1, 0.15) is 41.3 Å². The van der Waals surface area contributed by atoms with Gasteiger partial charge in [-0.3, -0.25) is 14.4 Å². The third-order valence-corrected chi connectivity index (χ3v) is 5.96. The molecule has 0 aliphatic carbocycles. The van der Waals surface area contributed by atoms with Gasteiger partial charge in [-0.1, -0.05) is 6.07 Å². The summed E-state index contributed by atoms with van der Waals surface area (Å²) in [5, 5.41) is 2.79. The number of anilines is 1. The van der Waals surface area contributed by atoms with E-state index in [9.17, 15) is 14.4 Å². The zero-order valence-corrected chi connectivity index (χ0v) is 17.9. The van der Waals surface area contributed by atoms with Crippen LogP contribution in [0.5, 0.6) is 5.75 Å². The van der Waals surface area contributed by atoms with Gasteiger partial charge < -0.3 is 19.9 Å². The van der Waals surface area contributed by atoms with Gasteiger partial charge >= 0.3 is 0 Å². The van der Waals surface area contributed by atoms with Crippen molar-refractivity contribution in [2.24, 2.45) is 0 Å². The number of rotatable bonds is 4. The highest BCUT2D eigenvalue weighted by molar-refractivity contribution is 5.98. The number of carbonyl (C=O) groups excluding carboxylic acids is 3. The second-order valence-corrected chi connectivity index (χ2v) is 8.08. The molecule has 0 spiro atoms. The molecule has 7 nitrogen and oxygen atoms in total. The standard InChI is InChI=1S/C24H27N3O4/c1-16(28)25-20-8-5-18-14-22(24(30)26-11-3-4-12-26)27(15-19(18)13-20)23(29)17-6-9-21(31-2)10-7-17/h5-10,13,22H,3-4,11-12,14-15H2,1-2H3,(H,25,28). The maximum atomic E-state index is 13.4. The summed E-state index contributed by atoms with van der Waals surface area (Å²) < 4.78 is 5.19. The second kappa shape index (κ2) is 8.79. The van der Waals surface area contributed by atoms with Crippen LogP contribution >= 0.6 is 0 Å². The summed E-state index contributed by atoms with van der Waals surface area (Å²) in [6.45, 7) is 3.27. The van der Waals surface area contributed by atoms with Crippen molar-refractivity contribution in [3.05, 3.63) is 59.2 Å². The quantitative estimate of drug-likeness (QED) is 0.823. The average Bonchev–Trinajstić information content (AvgIpc) is 3.32. The summed E-state index contributed by atoms with van der Waals surface area (Å²) in [5.74, 6) is 0.348. The van der Waals surface area contributed by atoms with Crippen LogP contribution < -0.4 is 10.1 Å². The molecular weight excluding hydrogens is 394 g/mol. The molecule has 4 rings (SSSR count). The third-order valence-electron chi connectivity index (χ3n) is 5.96. The first-order valence-corrected chi connectivity index (χ1v) is 10.6. The van der Waals surface area contributed by atoms with E-state index in [2.05, 4.69) is 5.32 Å². The summed E-state index contributed by atoms with van der Waals surface area (Å²) in [6, 6.07) is 12.1. The minimum atomic E-state index is -0.535. The number of methoxy groups -OCH3 is 1. The van der Waals surface area contributed by atoms with E-state index >= 15 is 0 Å². The van der Waals surface area contributed by atoms with E-state index in [0.29, 0.717) is 30.0 Å². The Labute approximate surface area is 182 Å². The first kappa shape index (κ1) is 20.9. The molecule has 2 aliphatic heterocycles. The zero-order chi connectivity index (χ0) is 22.0. The van der Waals surface area contributed by atoms with Gasteiger partial charge in [-0.2, -0.15) is 0 Å². The molecule has 1 atom stereocenters. The minimum Gasteiger partial charge on any atom is -0.497 e. The van der Waals surface area contributed by atoms with Crippen molar-refractivity contribution in [1.29, 1.82) is 0 Å². The number of ether oxygens (including phenoxy) is 1. The van der Waals surface area contributed by atoms with Gasteiger partial charge in [0.05, 0.1) is 7.11 Å². The van der Waals surface area contributed by atoms with Crippen LogP contribution in [0.25, 0.3) is 0 Å². The van der Waals surface area contributed by atoms with E-state index in [1.165, 1.54) is 6.92 Å². The van der Waals surface area contributed by atoms with Crippen molar-refractivity contribution < 1.29 is 19.1 Å². The Hall–Kier alpha value is -3.35. The van der Waals surface area contributed by atoms with E-state index in [1.54, 1.807) is 36.3 Å². The van der Waals surface area contributed by atoms with Crippen LogP contribution in [0, 0.1) is 0 Å². The molecule has 1 fully saturated rings. The number of benzene rings is 2. The molecule has 0 radical (unpaired) electrons. The molecule has 2 aromatic rings. The molecule has 0 bridgehead atoms. The van der Waals surface area contributed by atoms with Gasteiger partial charge in [-0.05, 0) is 60.4 Å². The molecule has 162 valence electrons. The van der Waals surface area contributed by atoms with Crippen molar-refractivity contribution in [2.75, 3.05) is 25.5 Å². The number of hydrogen-bond acceptors (Lipinski definition) is 4. The van der Waals surface area contributed by atoms with Gasteiger partial charge in [0.25, 0.3) is 5.91 Å². The van der Waals surface area contributed by atoms with E-state index in [0.717, 1.165) is 37.1 Å². The molecule has 1 saturated heterocycles. The molecule has 2 aromatic carbocycles. The molecular formula is C24H27N3O4. The van der Waals surface area contributed by atoms with Crippen LogP contribution in [0.4, 0.5) is 5.69 Å². The second-order valence-electron chi connectivity index (χ2n) is 8.08. The van der Waals surface area contributed by atoms with Crippen molar-refractivity contribution in [3.63, 3.8) is 0 Å². The highest BCUT2D eigenvalue weighted by Crippen LogP contribution is 2.29. The maximum Gasteiger partial charge on any atom is 0.254 e. The van der Waals surface area contributed by atoms with Crippen molar-refractivity contribution >= 4 is 23.4 Å². The van der Waals surface area contributed by atoms with Gasteiger partial charge in [0.15, 0.2) is 0 Å². The predicted molar refractivity (Wildman–Crippen MR) is 117 cm³/mol. The molecule has 2 heterocycles. The number of nitrogens with one attached hydrogen (secondary N) is 1. The fourth-order valence-corrected chi connectivity index (χ4v) is 4.35. The largest absolute Gasteiger partial charge is 0.497 e. The third kappa shape index (κ3) is 4.40. The zero-order valence-electron chi connectivity index (χ0n) is 17.9. The summed E-state index contributed by atoms with van der Waals surface area (Å²) in [5.41, 5.74) is 3.18. The van der Waals surface area contributed by atoms with E-state index < -0.39 is 6.04 Å². The van der Waals surface area contributed by atoms with E-state index in [-0.39, 0.29) is 17.7 Å². The normalized spacial score (nSPS) is 17.8. The molecule has 2 aliphatic rings. The first-order valence-electron chi connectivity index (χ1n) is 10.6. The Bertz CT molecular complexity index is 996. The van der Waals surface area contributed by atoms with E-state index in [4.69, 9.17) is 4.74 Å². The Morgan fingerprint density at radius 3 is 2.35 bits per heavy atom. The van der Waals surface area contributed by atoms with Crippen LogP contribution in [0.3, 0.4) is 0 Å². The van der Waals surface area contributed by atoms with Crippen LogP contribution in [0.2, 0.25) is 0 Å². The summed E-state index contributed by atoms with van der Waals surface area (Å²) in [4.78, 5) is 41.8. The lowest BCUT2D eigenvalue weighted by Crippen LogP contribution is -2.53. The van der Waals surface area contributed by atoms with Crippen molar-refractivity contribution in [3.8, 4) is 5.75 Å². The Kier molecular flexibility index (Phi) is 5.93. The number of hydrogen-bond donors (Lipinski definition) is 1. The number of fused-ring (bicyclic) bond motifs is 1. The van der Waals surface area contributed by atoms with Crippen LogP contribution in [-0.4, -0.2) is 53.8 Å². The molecule has 0 saturated carbocycles.